The van der Waals surface area contributed by atoms with E-state index in [-0.39, 0.29) is 16.3 Å². The van der Waals surface area contributed by atoms with Crippen LogP contribution >= 0.6 is 11.6 Å². The van der Waals surface area contributed by atoms with E-state index >= 15 is 0 Å². The molecule has 0 saturated heterocycles. The fraction of sp³-hybridized carbons (Fsp3) is 0.375. The largest absolute Gasteiger partial charge is 0.379 e. The highest BCUT2D eigenvalue weighted by atomic mass is 35.5. The summed E-state index contributed by atoms with van der Waals surface area (Å²) in [4.78, 5) is 12.3. The maximum absolute atomic E-state index is 13.8. The average Bonchev–Trinajstić information content (AvgIpc) is 2.51. The average molecular weight is 356 g/mol. The Hall–Kier alpha value is -1.99. The number of hydrogen-bond donors (Lipinski definition) is 1. The molecule has 128 valence electrons. The molecule has 0 radical (unpaired) electrons. The van der Waals surface area contributed by atoms with Crippen molar-refractivity contribution in [1.29, 1.82) is 0 Å². The van der Waals surface area contributed by atoms with Crippen molar-refractivity contribution in [3.8, 4) is 5.69 Å². The summed E-state index contributed by atoms with van der Waals surface area (Å²) in [5.74, 6) is -1.63. The molecular weight excluding hydrogens is 340 g/mol. The van der Waals surface area contributed by atoms with E-state index in [9.17, 15) is 13.6 Å². The van der Waals surface area contributed by atoms with E-state index in [0.717, 1.165) is 36.1 Å². The van der Waals surface area contributed by atoms with Gasteiger partial charge in [0.05, 0.1) is 17.5 Å². The highest BCUT2D eigenvalue weighted by molar-refractivity contribution is 6.32. The number of ether oxygens (including phenoxy) is 1. The van der Waals surface area contributed by atoms with E-state index in [4.69, 9.17) is 16.3 Å². The van der Waals surface area contributed by atoms with Gasteiger partial charge in [-0.3, -0.25) is 4.79 Å². The van der Waals surface area contributed by atoms with Gasteiger partial charge in [0.1, 0.15) is 16.5 Å². The molecule has 2 aromatic rings. The summed E-state index contributed by atoms with van der Waals surface area (Å²) in [6, 6.07) is 2.87. The normalized spacial score (nSPS) is 15.8. The van der Waals surface area contributed by atoms with Crippen LogP contribution in [0.4, 0.5) is 14.5 Å². The van der Waals surface area contributed by atoms with Crippen molar-refractivity contribution < 1.29 is 13.5 Å². The van der Waals surface area contributed by atoms with Crippen LogP contribution in [0, 0.1) is 11.6 Å². The Balaban J connectivity index is 1.87. The lowest BCUT2D eigenvalue weighted by Crippen LogP contribution is -2.45. The zero-order valence-corrected chi connectivity index (χ0v) is 13.7. The number of halogens is 3. The van der Waals surface area contributed by atoms with E-state index in [1.165, 1.54) is 6.20 Å². The van der Waals surface area contributed by atoms with Gasteiger partial charge in [0.2, 0.25) is 0 Å². The molecular formula is C16H16ClF2N3O2. The van der Waals surface area contributed by atoms with Crippen LogP contribution in [0.25, 0.3) is 5.69 Å². The van der Waals surface area contributed by atoms with E-state index < -0.39 is 17.2 Å². The minimum absolute atomic E-state index is 0.112. The van der Waals surface area contributed by atoms with Gasteiger partial charge in [0.15, 0.2) is 5.82 Å². The molecule has 1 N–H and O–H groups in total. The van der Waals surface area contributed by atoms with E-state index in [1.807, 2.05) is 0 Å². The van der Waals surface area contributed by atoms with Gasteiger partial charge in [0.25, 0.3) is 5.56 Å². The molecule has 1 fully saturated rings. The Morgan fingerprint density at radius 3 is 2.75 bits per heavy atom. The van der Waals surface area contributed by atoms with Gasteiger partial charge in [0, 0.05) is 19.7 Å². The molecule has 1 heterocycles. The number of rotatable bonds is 5. The molecule has 5 nitrogen and oxygen atoms in total. The van der Waals surface area contributed by atoms with Crippen molar-refractivity contribution in [1.82, 2.24) is 9.78 Å². The van der Waals surface area contributed by atoms with Crippen molar-refractivity contribution in [2.45, 2.75) is 24.9 Å². The van der Waals surface area contributed by atoms with Crippen LogP contribution in [-0.2, 0) is 4.74 Å². The summed E-state index contributed by atoms with van der Waals surface area (Å²) < 4.78 is 33.1. The molecule has 1 aromatic heterocycles. The molecule has 0 amide bonds. The first-order valence-electron chi connectivity index (χ1n) is 7.48. The van der Waals surface area contributed by atoms with E-state index in [1.54, 1.807) is 7.11 Å². The SMILES string of the molecule is COC1(CNc2cnn(-c3ccc(F)cc3F)c(=O)c2Cl)CCC1. The maximum Gasteiger partial charge on any atom is 0.292 e. The van der Waals surface area contributed by atoms with Crippen LogP contribution in [-0.4, -0.2) is 29.0 Å². The predicted molar refractivity (Wildman–Crippen MR) is 86.8 cm³/mol. The summed E-state index contributed by atoms with van der Waals surface area (Å²) in [6.07, 6.45) is 4.29. The summed E-state index contributed by atoms with van der Waals surface area (Å²) in [7, 11) is 1.65. The summed E-state index contributed by atoms with van der Waals surface area (Å²) >= 11 is 6.09. The maximum atomic E-state index is 13.8. The lowest BCUT2D eigenvalue weighted by Gasteiger charge is -2.40. The van der Waals surface area contributed by atoms with Gasteiger partial charge in [-0.15, -0.1) is 0 Å². The molecule has 1 aromatic carbocycles. The van der Waals surface area contributed by atoms with Gasteiger partial charge in [-0.2, -0.15) is 9.78 Å². The minimum atomic E-state index is -0.894. The number of aromatic nitrogens is 2. The van der Waals surface area contributed by atoms with Gasteiger partial charge in [-0.25, -0.2) is 8.78 Å². The number of nitrogens with zero attached hydrogens (tertiary/aromatic N) is 2. The van der Waals surface area contributed by atoms with Crippen LogP contribution in [0.3, 0.4) is 0 Å². The molecule has 1 saturated carbocycles. The Morgan fingerprint density at radius 1 is 1.42 bits per heavy atom. The van der Waals surface area contributed by atoms with Crippen LogP contribution in [0.2, 0.25) is 5.02 Å². The molecule has 8 heteroatoms. The third-order valence-corrected chi connectivity index (χ3v) is 4.72. The monoisotopic (exact) mass is 355 g/mol. The van der Waals surface area contributed by atoms with Crippen LogP contribution in [0.1, 0.15) is 19.3 Å². The number of methoxy groups -OCH3 is 1. The van der Waals surface area contributed by atoms with Crippen molar-refractivity contribution >= 4 is 17.3 Å². The standard InChI is InChI=1S/C16H16ClF2N3O2/c1-24-16(5-2-6-16)9-20-12-8-21-22(15(23)14(12)17)13-4-3-10(18)7-11(13)19/h3-4,7-8,20H,2,5-6,9H2,1H3. The summed E-state index contributed by atoms with van der Waals surface area (Å²) in [6.45, 7) is 0.499. The first kappa shape index (κ1) is 16.9. The third kappa shape index (κ3) is 3.01. The van der Waals surface area contributed by atoms with Crippen molar-refractivity contribution in [2.75, 3.05) is 19.0 Å². The van der Waals surface area contributed by atoms with Crippen molar-refractivity contribution in [2.24, 2.45) is 0 Å². The smallest absolute Gasteiger partial charge is 0.292 e. The second-order valence-corrected chi connectivity index (χ2v) is 6.16. The zero-order chi connectivity index (χ0) is 17.3. The zero-order valence-electron chi connectivity index (χ0n) is 13.0. The van der Waals surface area contributed by atoms with Gasteiger partial charge < -0.3 is 10.1 Å². The highest BCUT2D eigenvalue weighted by Crippen LogP contribution is 2.35. The first-order valence-corrected chi connectivity index (χ1v) is 7.86. The number of anilines is 1. The molecule has 24 heavy (non-hydrogen) atoms. The molecule has 1 aliphatic rings. The molecule has 1 aliphatic carbocycles. The molecule has 0 atom stereocenters. The van der Waals surface area contributed by atoms with Gasteiger partial charge >= 0.3 is 0 Å². The van der Waals surface area contributed by atoms with Crippen molar-refractivity contribution in [3.63, 3.8) is 0 Å². The topological polar surface area (TPSA) is 56.1 Å². The lowest BCUT2D eigenvalue weighted by atomic mass is 9.80. The lowest BCUT2D eigenvalue weighted by molar-refractivity contribution is -0.0601. The van der Waals surface area contributed by atoms with E-state index in [0.29, 0.717) is 18.3 Å². The minimum Gasteiger partial charge on any atom is -0.379 e. The number of nitrogens with one attached hydrogen (secondary N) is 1. The molecule has 0 aliphatic heterocycles. The van der Waals surface area contributed by atoms with Gasteiger partial charge in [-0.05, 0) is 31.4 Å². The van der Waals surface area contributed by atoms with Gasteiger partial charge in [-0.1, -0.05) is 11.6 Å². The molecule has 0 bridgehead atoms. The van der Waals surface area contributed by atoms with Crippen LogP contribution in [0.15, 0.2) is 29.2 Å². The third-order valence-electron chi connectivity index (χ3n) is 4.36. The molecule has 0 unspecified atom stereocenters. The Bertz CT molecular complexity index is 816. The Kier molecular flexibility index (Phi) is 4.56. The quantitative estimate of drug-likeness (QED) is 0.895. The molecule has 3 rings (SSSR count). The van der Waals surface area contributed by atoms with Crippen molar-refractivity contribution in [3.05, 3.63) is 51.4 Å². The number of hydrogen-bond acceptors (Lipinski definition) is 4. The summed E-state index contributed by atoms with van der Waals surface area (Å²) in [5.41, 5.74) is -0.750. The second kappa shape index (κ2) is 6.49. The molecule has 0 spiro atoms. The Labute approximate surface area is 142 Å². The van der Waals surface area contributed by atoms with Crippen LogP contribution in [0.5, 0.6) is 0 Å². The Morgan fingerprint density at radius 2 is 2.17 bits per heavy atom. The van der Waals surface area contributed by atoms with E-state index in [2.05, 4.69) is 10.4 Å². The summed E-state index contributed by atoms with van der Waals surface area (Å²) in [5, 5.41) is 6.88. The first-order chi connectivity index (χ1) is 11.5. The fourth-order valence-corrected chi connectivity index (χ4v) is 2.86. The second-order valence-electron chi connectivity index (χ2n) is 5.78. The van der Waals surface area contributed by atoms with Crippen LogP contribution < -0.4 is 10.9 Å². The number of benzene rings is 1. The fourth-order valence-electron chi connectivity index (χ4n) is 2.66. The highest BCUT2D eigenvalue weighted by Gasteiger charge is 2.36. The predicted octanol–water partition coefficient (Wildman–Crippen LogP) is 3.15.